The lowest BCUT2D eigenvalue weighted by Gasteiger charge is -2.47. The second kappa shape index (κ2) is 25.7. The van der Waals surface area contributed by atoms with Crippen LogP contribution in [-0.2, 0) is 21.1 Å². The Morgan fingerprint density at radius 2 is 0.724 bits per heavy atom. The Hall–Kier alpha value is -1.17. The lowest BCUT2D eigenvalue weighted by molar-refractivity contribution is 0.410. The molecule has 3 rings (SSSR count). The van der Waals surface area contributed by atoms with Gasteiger partial charge in [-0.1, -0.05) is 167 Å². The van der Waals surface area contributed by atoms with Crippen LogP contribution >= 0.6 is 0 Å². The van der Waals surface area contributed by atoms with E-state index in [0.717, 1.165) is 35.0 Å². The molecule has 1 saturated heterocycles. The van der Waals surface area contributed by atoms with Crippen LogP contribution in [0.15, 0.2) is 48.5 Å². The van der Waals surface area contributed by atoms with E-state index in [9.17, 15) is 10.2 Å². The quantitative estimate of drug-likeness (QED) is 0.0914. The molecule has 2 aromatic rings. The maximum atomic E-state index is 9.82. The summed E-state index contributed by atoms with van der Waals surface area (Å²) < 4.78 is 15.5. The van der Waals surface area contributed by atoms with Crippen molar-refractivity contribution >= 4 is 33.3 Å². The van der Waals surface area contributed by atoms with Crippen molar-refractivity contribution in [2.75, 3.05) is 0 Å². The molecule has 0 aliphatic carbocycles. The van der Waals surface area contributed by atoms with Gasteiger partial charge in [0.2, 0.25) is 0 Å². The number of aryl methyl sites for hydroxylation is 2. The van der Waals surface area contributed by atoms with E-state index in [0.29, 0.717) is 11.5 Å². The molecule has 2 N–H and O–H groups in total. The molecule has 332 valence electrons. The van der Waals surface area contributed by atoms with E-state index in [-0.39, 0.29) is 0 Å². The highest BCUT2D eigenvalue weighted by Crippen LogP contribution is 2.47. The van der Waals surface area contributed by atoms with Crippen LogP contribution < -0.4 is 0 Å². The highest BCUT2D eigenvalue weighted by atomic mass is 28.4. The molecule has 0 amide bonds. The van der Waals surface area contributed by atoms with Crippen molar-refractivity contribution in [1.29, 1.82) is 0 Å². The average molecular weight is 870 g/mol. The second-order valence-corrected chi connectivity index (χ2v) is 38.5. The van der Waals surface area contributed by atoms with Gasteiger partial charge in [-0.15, -0.1) is 0 Å². The predicted octanol–water partition coefficient (Wildman–Crippen LogP) is 16.9. The van der Waals surface area contributed by atoms with Crippen molar-refractivity contribution in [2.45, 2.75) is 242 Å². The zero-order chi connectivity index (χ0) is 42.7. The van der Waals surface area contributed by atoms with Crippen LogP contribution in [0.4, 0.5) is 0 Å². The van der Waals surface area contributed by atoms with Crippen LogP contribution in [0.2, 0.25) is 74.5 Å². The average Bonchev–Trinajstić information content (AvgIpc) is 3.13. The summed E-state index contributed by atoms with van der Waals surface area (Å²) in [6.45, 7) is 25.7. The lowest BCUT2D eigenvalue weighted by Crippen LogP contribution is -2.52. The first-order valence-electron chi connectivity index (χ1n) is 24.4. The van der Waals surface area contributed by atoms with Gasteiger partial charge in [-0.05, 0) is 136 Å². The molecule has 0 radical (unpaired) electrons. The monoisotopic (exact) mass is 869 g/mol. The zero-order valence-electron chi connectivity index (χ0n) is 39.6. The molecule has 4 unspecified atom stereocenters. The van der Waals surface area contributed by atoms with Crippen LogP contribution in [0.1, 0.15) is 166 Å². The fourth-order valence-corrected chi connectivity index (χ4v) is 31.6. The summed E-state index contributed by atoms with van der Waals surface area (Å²) in [7, 11) is -7.75. The van der Waals surface area contributed by atoms with Crippen molar-refractivity contribution < 1.29 is 18.4 Å². The number of rotatable bonds is 22. The van der Waals surface area contributed by atoms with Gasteiger partial charge in [0.1, 0.15) is 11.5 Å². The Labute approximate surface area is 363 Å². The molecule has 8 heteroatoms. The van der Waals surface area contributed by atoms with Crippen molar-refractivity contribution in [1.82, 2.24) is 0 Å². The zero-order valence-corrected chi connectivity index (χ0v) is 43.6. The molecule has 1 heterocycles. The number of phenols is 2. The molecule has 1 fully saturated rings. The Morgan fingerprint density at radius 1 is 0.431 bits per heavy atom. The fourth-order valence-electron chi connectivity index (χ4n) is 10.8. The molecule has 0 saturated carbocycles. The topological polar surface area (TPSA) is 58.9 Å². The third-order valence-electron chi connectivity index (χ3n) is 14.3. The SMILES string of the molecule is CCCC1CCC(CCCCCCCCc2cccc(O)c2)[Si](C)(C)O[Si](C)(C)C(CCCCCCCCc2cccc(O)c2)CCC(CCC)[Si](C)(C)O[Si]1(C)C. The molecule has 58 heavy (non-hydrogen) atoms. The maximum Gasteiger partial charge on any atom is 0.176 e. The molecule has 1 aliphatic rings. The summed E-state index contributed by atoms with van der Waals surface area (Å²) >= 11 is 0. The molecule has 4 nitrogen and oxygen atoms in total. The maximum absolute atomic E-state index is 9.82. The van der Waals surface area contributed by atoms with Gasteiger partial charge in [0.25, 0.3) is 0 Å². The first-order valence-corrected chi connectivity index (χ1v) is 36.4. The number of aromatic hydroxyl groups is 2. The molecule has 2 aromatic carbocycles. The minimum Gasteiger partial charge on any atom is -0.508 e. The van der Waals surface area contributed by atoms with E-state index in [1.165, 1.54) is 152 Å². The van der Waals surface area contributed by atoms with Gasteiger partial charge in [0.15, 0.2) is 33.3 Å². The minimum absolute atomic E-state index is 0.388. The van der Waals surface area contributed by atoms with Crippen LogP contribution in [0.3, 0.4) is 0 Å². The highest BCUT2D eigenvalue weighted by molar-refractivity contribution is 6.87. The number of benzene rings is 2. The van der Waals surface area contributed by atoms with Crippen LogP contribution in [0.25, 0.3) is 0 Å². The van der Waals surface area contributed by atoms with E-state index >= 15 is 0 Å². The van der Waals surface area contributed by atoms with E-state index in [2.05, 4.69) is 78.4 Å². The summed E-state index contributed by atoms with van der Waals surface area (Å²) in [5, 5.41) is 19.6. The van der Waals surface area contributed by atoms with Crippen molar-refractivity contribution in [3.63, 3.8) is 0 Å². The van der Waals surface area contributed by atoms with Crippen molar-refractivity contribution in [2.24, 2.45) is 0 Å². The number of hydrogen-bond donors (Lipinski definition) is 2. The standard InChI is InChI=1S/C50H92O4Si4/c1-11-27-47-37-39-49(35-23-19-15-13-17-21-29-43-31-25-33-45(51)41-43)57(7,8)54-58(9,10)50(40-38-48(28-12-2)56(5,6)53-55(47,3)4)36-24-20-16-14-18-22-30-44-32-26-34-46(52)42-44/h25-26,31-34,41-42,47-52H,11-24,27-30,35-40H2,1-10H3. The van der Waals surface area contributed by atoms with Crippen LogP contribution in [0, 0.1) is 0 Å². The molecular weight excluding hydrogens is 777 g/mol. The summed E-state index contributed by atoms with van der Waals surface area (Å²) in [5.41, 5.74) is 5.42. The third-order valence-corrected chi connectivity index (χ3v) is 32.9. The Morgan fingerprint density at radius 3 is 1.03 bits per heavy atom. The first kappa shape index (κ1) is 51.2. The van der Waals surface area contributed by atoms with E-state index in [1.54, 1.807) is 12.1 Å². The second-order valence-electron chi connectivity index (χ2n) is 20.8. The van der Waals surface area contributed by atoms with Gasteiger partial charge in [0, 0.05) is 0 Å². The lowest BCUT2D eigenvalue weighted by atomic mass is 10.0. The summed E-state index contributed by atoms with van der Waals surface area (Å²) in [4.78, 5) is 0. The molecule has 0 bridgehead atoms. The normalized spacial score (nSPS) is 23.6. The van der Waals surface area contributed by atoms with Crippen LogP contribution in [0.5, 0.6) is 11.5 Å². The fraction of sp³-hybridized carbons (Fsp3) is 0.760. The van der Waals surface area contributed by atoms with E-state index < -0.39 is 33.3 Å². The minimum atomic E-state index is -1.98. The van der Waals surface area contributed by atoms with Crippen molar-refractivity contribution in [3.05, 3.63) is 59.7 Å². The summed E-state index contributed by atoms with van der Waals surface area (Å²) in [5.74, 6) is 0.776. The molecule has 1 aliphatic heterocycles. The number of phenolic OH excluding ortho intramolecular Hbond substituents is 2. The van der Waals surface area contributed by atoms with Gasteiger partial charge in [-0.3, -0.25) is 0 Å². The molecule has 4 atom stereocenters. The highest BCUT2D eigenvalue weighted by Gasteiger charge is 2.47. The van der Waals surface area contributed by atoms with Crippen molar-refractivity contribution in [3.8, 4) is 11.5 Å². The Balaban J connectivity index is 1.68. The predicted molar refractivity (Wildman–Crippen MR) is 264 cm³/mol. The largest absolute Gasteiger partial charge is 0.508 e. The van der Waals surface area contributed by atoms with E-state index in [1.807, 2.05) is 24.3 Å². The third kappa shape index (κ3) is 18.4. The van der Waals surface area contributed by atoms with Gasteiger partial charge in [0.05, 0.1) is 0 Å². The Kier molecular flexibility index (Phi) is 22.7. The summed E-state index contributed by atoms with van der Waals surface area (Å²) in [6.07, 6.45) is 30.9. The first-order chi connectivity index (χ1) is 27.5. The molecule has 0 spiro atoms. The number of unbranched alkanes of at least 4 members (excludes halogenated alkanes) is 10. The van der Waals surface area contributed by atoms with Gasteiger partial charge >= 0.3 is 0 Å². The van der Waals surface area contributed by atoms with E-state index in [4.69, 9.17) is 8.23 Å². The smallest absolute Gasteiger partial charge is 0.176 e. The molecular formula is C50H92O4Si4. The van der Waals surface area contributed by atoms with Gasteiger partial charge in [-0.25, -0.2) is 0 Å². The number of hydrogen-bond acceptors (Lipinski definition) is 4. The molecule has 0 aromatic heterocycles. The van der Waals surface area contributed by atoms with Gasteiger partial charge in [-0.2, -0.15) is 0 Å². The van der Waals surface area contributed by atoms with Gasteiger partial charge < -0.3 is 18.4 Å². The Bertz CT molecular complexity index is 1310. The van der Waals surface area contributed by atoms with Crippen LogP contribution in [-0.4, -0.2) is 43.5 Å². The summed E-state index contributed by atoms with van der Waals surface area (Å²) in [6, 6.07) is 15.6.